The molecule has 130 valence electrons. The van der Waals surface area contributed by atoms with E-state index in [9.17, 15) is 15.0 Å². The van der Waals surface area contributed by atoms with Gasteiger partial charge >= 0.3 is 6.09 Å². The molecular formula is C19H19NO4S. The van der Waals surface area contributed by atoms with Crippen molar-refractivity contribution in [2.75, 3.05) is 6.54 Å². The Morgan fingerprint density at radius 1 is 1.08 bits per heavy atom. The van der Waals surface area contributed by atoms with Gasteiger partial charge in [-0.2, -0.15) is 0 Å². The monoisotopic (exact) mass is 357 g/mol. The fourth-order valence-electron chi connectivity index (χ4n) is 2.53. The third-order valence-corrected chi connectivity index (χ3v) is 4.84. The van der Waals surface area contributed by atoms with E-state index < -0.39 is 18.3 Å². The molecule has 3 aromatic rings. The Labute approximate surface area is 149 Å². The van der Waals surface area contributed by atoms with Crippen molar-refractivity contribution < 1.29 is 19.7 Å². The van der Waals surface area contributed by atoms with Crippen molar-refractivity contribution in [2.45, 2.75) is 18.8 Å². The largest absolute Gasteiger partial charge is 0.445 e. The number of aliphatic hydroxyl groups is 2. The maximum absolute atomic E-state index is 11.7. The van der Waals surface area contributed by atoms with Crippen LogP contribution in [-0.4, -0.2) is 29.0 Å². The number of carbonyl (C=O) groups excluding carboxylic acids is 1. The number of ether oxygens (including phenoxy) is 1. The van der Waals surface area contributed by atoms with Gasteiger partial charge in [0.15, 0.2) is 0 Å². The first-order valence-corrected chi connectivity index (χ1v) is 8.80. The van der Waals surface area contributed by atoms with Crippen LogP contribution in [0.4, 0.5) is 4.79 Å². The molecule has 0 saturated heterocycles. The van der Waals surface area contributed by atoms with Gasteiger partial charge in [-0.3, -0.25) is 0 Å². The second-order valence-electron chi connectivity index (χ2n) is 5.64. The average Bonchev–Trinajstić information content (AvgIpc) is 3.13. The van der Waals surface area contributed by atoms with Crippen molar-refractivity contribution in [1.82, 2.24) is 5.32 Å². The summed E-state index contributed by atoms with van der Waals surface area (Å²) >= 11 is 1.51. The highest BCUT2D eigenvalue weighted by atomic mass is 32.1. The third kappa shape index (κ3) is 4.36. The molecule has 0 bridgehead atoms. The van der Waals surface area contributed by atoms with E-state index in [1.54, 1.807) is 6.07 Å². The summed E-state index contributed by atoms with van der Waals surface area (Å²) < 4.78 is 6.01. The predicted octanol–water partition coefficient (Wildman–Crippen LogP) is 3.22. The van der Waals surface area contributed by atoms with Crippen molar-refractivity contribution in [2.24, 2.45) is 0 Å². The number of hydrogen-bond acceptors (Lipinski definition) is 5. The van der Waals surface area contributed by atoms with Gasteiger partial charge in [0.05, 0.1) is 0 Å². The van der Waals surface area contributed by atoms with Gasteiger partial charge in [-0.05, 0) is 22.4 Å². The summed E-state index contributed by atoms with van der Waals surface area (Å²) in [6.45, 7) is 0.0520. The number of alkyl carbamates (subject to hydrolysis) is 1. The van der Waals surface area contributed by atoms with Gasteiger partial charge in [0.2, 0.25) is 0 Å². The van der Waals surface area contributed by atoms with Crippen LogP contribution in [-0.2, 0) is 11.3 Å². The van der Waals surface area contributed by atoms with Gasteiger partial charge in [0.1, 0.15) is 18.8 Å². The number of thiophene rings is 1. The fraction of sp³-hybridized carbons (Fsp3) is 0.211. The molecule has 0 radical (unpaired) electrons. The second-order valence-corrected chi connectivity index (χ2v) is 6.56. The third-order valence-electron chi connectivity index (χ3n) is 3.86. The second kappa shape index (κ2) is 8.11. The van der Waals surface area contributed by atoms with E-state index in [0.717, 1.165) is 15.6 Å². The molecule has 2 unspecified atom stereocenters. The van der Waals surface area contributed by atoms with E-state index >= 15 is 0 Å². The van der Waals surface area contributed by atoms with Gasteiger partial charge < -0.3 is 20.3 Å². The summed E-state index contributed by atoms with van der Waals surface area (Å²) in [5.41, 5.74) is 1.53. The van der Waals surface area contributed by atoms with Crippen molar-refractivity contribution in [3.8, 4) is 0 Å². The molecule has 3 rings (SSSR count). The minimum atomic E-state index is -1.13. The zero-order valence-corrected chi connectivity index (χ0v) is 14.3. The smallest absolute Gasteiger partial charge is 0.407 e. The van der Waals surface area contributed by atoms with Gasteiger partial charge in [-0.25, -0.2) is 4.79 Å². The maximum atomic E-state index is 11.7. The Kier molecular flexibility index (Phi) is 5.65. The van der Waals surface area contributed by atoms with E-state index in [-0.39, 0.29) is 13.2 Å². The number of aliphatic hydroxyl groups excluding tert-OH is 2. The lowest BCUT2D eigenvalue weighted by atomic mass is 10.0. The molecule has 2 aromatic carbocycles. The van der Waals surface area contributed by atoms with Crippen LogP contribution >= 0.6 is 11.3 Å². The summed E-state index contributed by atoms with van der Waals surface area (Å²) in [4.78, 5) is 11.7. The SMILES string of the molecule is O=C(NCC(O)C(O)c1cccc2ccsc12)OCc1ccccc1. The summed E-state index contributed by atoms with van der Waals surface area (Å²) in [6.07, 6.45) is -2.85. The van der Waals surface area contributed by atoms with E-state index in [4.69, 9.17) is 4.74 Å². The summed E-state index contributed by atoms with van der Waals surface area (Å²) in [5.74, 6) is 0. The van der Waals surface area contributed by atoms with Gasteiger partial charge in [0, 0.05) is 16.8 Å². The number of hydrogen-bond donors (Lipinski definition) is 3. The van der Waals surface area contributed by atoms with Crippen LogP contribution in [0, 0.1) is 0 Å². The van der Waals surface area contributed by atoms with Gasteiger partial charge in [-0.1, -0.05) is 48.5 Å². The molecule has 1 amide bonds. The van der Waals surface area contributed by atoms with Crippen molar-refractivity contribution in [1.29, 1.82) is 0 Å². The van der Waals surface area contributed by atoms with Gasteiger partial charge in [0.25, 0.3) is 0 Å². The normalized spacial score (nSPS) is 13.4. The molecule has 2 atom stereocenters. The average molecular weight is 357 g/mol. The van der Waals surface area contributed by atoms with Crippen molar-refractivity contribution >= 4 is 27.5 Å². The zero-order valence-electron chi connectivity index (χ0n) is 13.5. The van der Waals surface area contributed by atoms with E-state index in [1.807, 2.05) is 53.9 Å². The van der Waals surface area contributed by atoms with Crippen LogP contribution in [0.5, 0.6) is 0 Å². The molecular weight excluding hydrogens is 338 g/mol. The van der Waals surface area contributed by atoms with Crippen LogP contribution in [0.2, 0.25) is 0 Å². The van der Waals surface area contributed by atoms with E-state index in [0.29, 0.717) is 5.56 Å². The van der Waals surface area contributed by atoms with Crippen LogP contribution in [0.1, 0.15) is 17.2 Å². The molecule has 1 heterocycles. The first-order valence-electron chi connectivity index (χ1n) is 7.92. The summed E-state index contributed by atoms with van der Waals surface area (Å²) in [7, 11) is 0. The Morgan fingerprint density at radius 3 is 2.68 bits per heavy atom. The number of amides is 1. The lowest BCUT2D eigenvalue weighted by molar-refractivity contribution is 0.0193. The van der Waals surface area contributed by atoms with Crippen molar-refractivity contribution in [3.63, 3.8) is 0 Å². The molecule has 0 spiro atoms. The molecule has 0 aliphatic rings. The highest BCUT2D eigenvalue weighted by Crippen LogP contribution is 2.30. The molecule has 0 aliphatic carbocycles. The fourth-order valence-corrected chi connectivity index (χ4v) is 3.48. The number of fused-ring (bicyclic) bond motifs is 1. The molecule has 25 heavy (non-hydrogen) atoms. The highest BCUT2D eigenvalue weighted by molar-refractivity contribution is 7.17. The van der Waals surface area contributed by atoms with E-state index in [2.05, 4.69) is 5.32 Å². The number of benzene rings is 2. The molecule has 1 aromatic heterocycles. The number of nitrogens with one attached hydrogen (secondary N) is 1. The highest BCUT2D eigenvalue weighted by Gasteiger charge is 2.21. The predicted molar refractivity (Wildman–Crippen MR) is 97.4 cm³/mol. The van der Waals surface area contributed by atoms with E-state index in [1.165, 1.54) is 11.3 Å². The molecule has 0 fully saturated rings. The lowest BCUT2D eigenvalue weighted by Gasteiger charge is -2.19. The summed E-state index contributed by atoms with van der Waals surface area (Å²) in [6, 6.07) is 16.8. The molecule has 3 N–H and O–H groups in total. The zero-order chi connectivity index (χ0) is 17.6. The maximum Gasteiger partial charge on any atom is 0.407 e. The molecule has 0 aliphatic heterocycles. The summed E-state index contributed by atoms with van der Waals surface area (Å²) in [5, 5.41) is 26.0. The van der Waals surface area contributed by atoms with Crippen LogP contribution in [0.15, 0.2) is 60.0 Å². The Balaban J connectivity index is 1.52. The lowest BCUT2D eigenvalue weighted by Crippen LogP contribution is -2.35. The first kappa shape index (κ1) is 17.4. The van der Waals surface area contributed by atoms with Crippen LogP contribution in [0.3, 0.4) is 0 Å². The molecule has 6 heteroatoms. The van der Waals surface area contributed by atoms with Crippen LogP contribution < -0.4 is 5.32 Å². The molecule has 5 nitrogen and oxygen atoms in total. The number of rotatable bonds is 6. The minimum absolute atomic E-state index is 0.101. The quantitative estimate of drug-likeness (QED) is 0.633. The van der Waals surface area contributed by atoms with Crippen molar-refractivity contribution in [3.05, 3.63) is 71.1 Å². The Hall–Kier alpha value is -2.41. The topological polar surface area (TPSA) is 78.8 Å². The number of carbonyl (C=O) groups is 1. The first-order chi connectivity index (χ1) is 12.1. The Morgan fingerprint density at radius 2 is 1.88 bits per heavy atom. The standard InChI is InChI=1S/C19H19NO4S/c21-16(11-20-19(23)24-12-13-5-2-1-3-6-13)17(22)15-8-4-7-14-9-10-25-18(14)15/h1-10,16-17,21-22H,11-12H2,(H,20,23). The van der Waals surface area contributed by atoms with Gasteiger partial charge in [-0.15, -0.1) is 11.3 Å². The Bertz CT molecular complexity index is 834. The molecule has 0 saturated carbocycles. The minimum Gasteiger partial charge on any atom is -0.445 e. The van der Waals surface area contributed by atoms with Crippen LogP contribution in [0.25, 0.3) is 10.1 Å².